The number of non-ortho nitro benzene ring substituents is 1. The quantitative estimate of drug-likeness (QED) is 0.555. The summed E-state index contributed by atoms with van der Waals surface area (Å²) in [5.74, 6) is -0.795. The van der Waals surface area contributed by atoms with Gasteiger partial charge in [-0.1, -0.05) is 35.3 Å². The number of carbonyl (C=O) groups is 2. The van der Waals surface area contributed by atoms with Crippen molar-refractivity contribution in [2.45, 2.75) is 0 Å². The molecule has 2 rings (SSSR count). The van der Waals surface area contributed by atoms with E-state index < -0.39 is 16.7 Å². The monoisotopic (exact) mass is 411 g/mol. The second kappa shape index (κ2) is 9.20. The first kappa shape index (κ1) is 20.5. The molecule has 0 aliphatic rings. The summed E-state index contributed by atoms with van der Waals surface area (Å²) in [6.45, 7) is -0.628. The molecular formula is C17H15Cl2N3O5. The van der Waals surface area contributed by atoms with Crippen LogP contribution in [0.3, 0.4) is 0 Å². The number of nitro benzene ring substituents is 1. The zero-order valence-electron chi connectivity index (χ0n) is 14.1. The molecule has 0 bridgehead atoms. The number of para-hydroxylation sites is 1. The molecule has 27 heavy (non-hydrogen) atoms. The molecule has 0 unspecified atom stereocenters. The average Bonchev–Trinajstić information content (AvgIpc) is 2.63. The molecule has 0 saturated carbocycles. The van der Waals surface area contributed by atoms with E-state index in [9.17, 15) is 19.7 Å². The minimum atomic E-state index is -0.564. The van der Waals surface area contributed by atoms with E-state index in [4.69, 9.17) is 27.9 Å². The third-order valence-corrected chi connectivity index (χ3v) is 4.05. The molecule has 0 atom stereocenters. The fourth-order valence-corrected chi connectivity index (χ4v) is 2.53. The Bertz CT molecular complexity index is 855. The molecule has 0 aliphatic heterocycles. The molecule has 0 heterocycles. The van der Waals surface area contributed by atoms with Crippen molar-refractivity contribution >= 4 is 46.4 Å². The molecule has 2 aromatic carbocycles. The number of amides is 2. The molecule has 0 aliphatic carbocycles. The number of carbonyl (C=O) groups excluding carboxylic acids is 2. The van der Waals surface area contributed by atoms with Crippen LogP contribution in [0.5, 0.6) is 5.75 Å². The van der Waals surface area contributed by atoms with E-state index in [-0.39, 0.29) is 40.3 Å². The minimum absolute atomic E-state index is 0.149. The van der Waals surface area contributed by atoms with Gasteiger partial charge in [0.25, 0.3) is 11.6 Å². The Labute approximate surface area is 164 Å². The lowest BCUT2D eigenvalue weighted by atomic mass is 10.3. The van der Waals surface area contributed by atoms with Crippen LogP contribution in [0.1, 0.15) is 0 Å². The molecule has 142 valence electrons. The molecule has 2 amide bonds. The summed E-state index contributed by atoms with van der Waals surface area (Å²) < 4.78 is 5.25. The highest BCUT2D eigenvalue weighted by Crippen LogP contribution is 2.29. The van der Waals surface area contributed by atoms with Gasteiger partial charge in [-0.25, -0.2) is 0 Å². The number of halogens is 2. The standard InChI is InChI=1S/C17H15Cl2N3O5/c1-21(9-15(23)20-17-13(18)6-3-7-14(17)19)16(24)10-27-12-5-2-4-11(8-12)22(25)26/h2-8H,9-10H2,1H3,(H,20,23). The van der Waals surface area contributed by atoms with Crippen LogP contribution in [0.2, 0.25) is 10.0 Å². The van der Waals surface area contributed by atoms with Crippen molar-refractivity contribution in [3.8, 4) is 5.75 Å². The van der Waals surface area contributed by atoms with Gasteiger partial charge in [0.1, 0.15) is 5.75 Å². The number of benzene rings is 2. The largest absolute Gasteiger partial charge is 0.484 e. The second-order valence-corrected chi connectivity index (χ2v) is 6.25. The van der Waals surface area contributed by atoms with Crippen LogP contribution in [-0.4, -0.2) is 41.8 Å². The van der Waals surface area contributed by atoms with Gasteiger partial charge >= 0.3 is 0 Å². The molecule has 0 saturated heterocycles. The number of nitrogens with one attached hydrogen (secondary N) is 1. The Morgan fingerprint density at radius 3 is 2.44 bits per heavy atom. The number of rotatable bonds is 7. The van der Waals surface area contributed by atoms with E-state index in [0.717, 1.165) is 4.90 Å². The molecule has 0 fully saturated rings. The van der Waals surface area contributed by atoms with Crippen LogP contribution >= 0.6 is 23.2 Å². The van der Waals surface area contributed by atoms with E-state index in [2.05, 4.69) is 5.32 Å². The third kappa shape index (κ3) is 5.83. The lowest BCUT2D eigenvalue weighted by molar-refractivity contribution is -0.384. The first-order valence-corrected chi connectivity index (χ1v) is 8.38. The molecule has 1 N–H and O–H groups in total. The predicted octanol–water partition coefficient (Wildman–Crippen LogP) is 3.38. The van der Waals surface area contributed by atoms with Gasteiger partial charge in [0, 0.05) is 13.1 Å². The summed E-state index contributed by atoms with van der Waals surface area (Å²) in [5.41, 5.74) is 0.115. The van der Waals surface area contributed by atoms with E-state index in [1.807, 2.05) is 0 Å². The smallest absolute Gasteiger partial charge is 0.273 e. The fourth-order valence-electron chi connectivity index (χ4n) is 2.04. The van der Waals surface area contributed by atoms with Crippen LogP contribution < -0.4 is 10.1 Å². The zero-order chi connectivity index (χ0) is 20.0. The summed E-state index contributed by atoms with van der Waals surface area (Å²) in [7, 11) is 1.42. The average molecular weight is 412 g/mol. The van der Waals surface area contributed by atoms with Crippen LogP contribution in [0.25, 0.3) is 0 Å². The Kier molecular flexibility index (Phi) is 6.98. The molecule has 8 nitrogen and oxygen atoms in total. The highest BCUT2D eigenvalue weighted by atomic mass is 35.5. The highest BCUT2D eigenvalue weighted by Gasteiger charge is 2.16. The first-order valence-electron chi connectivity index (χ1n) is 7.63. The minimum Gasteiger partial charge on any atom is -0.484 e. The Balaban J connectivity index is 1.89. The molecule has 10 heteroatoms. The molecule has 0 spiro atoms. The maximum absolute atomic E-state index is 12.1. The van der Waals surface area contributed by atoms with Gasteiger partial charge in [-0.3, -0.25) is 19.7 Å². The van der Waals surface area contributed by atoms with E-state index in [1.165, 1.54) is 31.3 Å². The third-order valence-electron chi connectivity index (χ3n) is 3.42. The van der Waals surface area contributed by atoms with Gasteiger partial charge in [0.15, 0.2) is 6.61 Å². The summed E-state index contributed by atoms with van der Waals surface area (Å²) >= 11 is 12.0. The van der Waals surface area contributed by atoms with E-state index >= 15 is 0 Å². The summed E-state index contributed by atoms with van der Waals surface area (Å²) in [4.78, 5) is 35.5. The van der Waals surface area contributed by atoms with Crippen LogP contribution in [0.15, 0.2) is 42.5 Å². The summed E-state index contributed by atoms with van der Waals surface area (Å²) in [6.07, 6.45) is 0. The Morgan fingerprint density at radius 2 is 1.81 bits per heavy atom. The van der Waals surface area contributed by atoms with Crippen LogP contribution in [-0.2, 0) is 9.59 Å². The molecular weight excluding hydrogens is 397 g/mol. The lowest BCUT2D eigenvalue weighted by Gasteiger charge is -2.17. The topological polar surface area (TPSA) is 102 Å². The van der Waals surface area contributed by atoms with Crippen molar-refractivity contribution in [2.75, 3.05) is 25.5 Å². The fraction of sp³-hybridized carbons (Fsp3) is 0.176. The maximum Gasteiger partial charge on any atom is 0.273 e. The number of likely N-dealkylation sites (N-methyl/N-ethyl adjacent to an activating group) is 1. The van der Waals surface area contributed by atoms with Crippen molar-refractivity contribution in [2.24, 2.45) is 0 Å². The van der Waals surface area contributed by atoms with Gasteiger partial charge in [0.2, 0.25) is 5.91 Å². The van der Waals surface area contributed by atoms with E-state index in [0.29, 0.717) is 0 Å². The van der Waals surface area contributed by atoms with Crippen molar-refractivity contribution in [1.29, 1.82) is 0 Å². The SMILES string of the molecule is CN(CC(=O)Nc1c(Cl)cccc1Cl)C(=O)COc1cccc([N+](=O)[O-])c1. The highest BCUT2D eigenvalue weighted by molar-refractivity contribution is 6.39. The second-order valence-electron chi connectivity index (χ2n) is 5.44. The van der Waals surface area contributed by atoms with Gasteiger partial charge in [-0.15, -0.1) is 0 Å². The number of nitrogens with zero attached hydrogens (tertiary/aromatic N) is 2. The number of hydrogen-bond acceptors (Lipinski definition) is 5. The number of hydrogen-bond donors (Lipinski definition) is 1. The Morgan fingerprint density at radius 1 is 1.19 bits per heavy atom. The van der Waals surface area contributed by atoms with Crippen LogP contribution in [0, 0.1) is 10.1 Å². The first-order chi connectivity index (χ1) is 12.8. The summed E-state index contributed by atoms with van der Waals surface area (Å²) in [5, 5.41) is 13.8. The van der Waals surface area contributed by atoms with Gasteiger partial charge in [-0.05, 0) is 18.2 Å². The normalized spacial score (nSPS) is 10.2. The maximum atomic E-state index is 12.1. The van der Waals surface area contributed by atoms with Gasteiger partial charge in [-0.2, -0.15) is 0 Å². The predicted molar refractivity (Wildman–Crippen MR) is 101 cm³/mol. The van der Waals surface area contributed by atoms with Crippen molar-refractivity contribution in [3.05, 3.63) is 62.6 Å². The van der Waals surface area contributed by atoms with E-state index in [1.54, 1.807) is 18.2 Å². The van der Waals surface area contributed by atoms with Crippen molar-refractivity contribution in [3.63, 3.8) is 0 Å². The Hall–Kier alpha value is -2.84. The van der Waals surface area contributed by atoms with Crippen LogP contribution in [0.4, 0.5) is 11.4 Å². The number of anilines is 1. The number of ether oxygens (including phenoxy) is 1. The number of nitro groups is 1. The van der Waals surface area contributed by atoms with Gasteiger partial charge in [0.05, 0.1) is 33.3 Å². The lowest BCUT2D eigenvalue weighted by Crippen LogP contribution is -2.37. The van der Waals surface area contributed by atoms with Crippen molar-refractivity contribution in [1.82, 2.24) is 4.90 Å². The zero-order valence-corrected chi connectivity index (χ0v) is 15.7. The van der Waals surface area contributed by atoms with Crippen molar-refractivity contribution < 1.29 is 19.2 Å². The van der Waals surface area contributed by atoms with Gasteiger partial charge < -0.3 is 15.0 Å². The molecule has 0 radical (unpaired) electrons. The molecule has 2 aromatic rings. The summed E-state index contributed by atoms with van der Waals surface area (Å²) in [6, 6.07) is 10.2. The molecule has 0 aromatic heterocycles.